The van der Waals surface area contributed by atoms with Gasteiger partial charge in [-0.2, -0.15) is 0 Å². The van der Waals surface area contributed by atoms with Gasteiger partial charge in [0.05, 0.1) is 17.1 Å². The average molecular weight is 359 g/mol. The fraction of sp³-hybridized carbons (Fsp3) is 0.650. The molecular weight excluding hydrogens is 329 g/mol. The summed E-state index contributed by atoms with van der Waals surface area (Å²) in [6.45, 7) is 14.3. The maximum absolute atomic E-state index is 12.9. The number of fused-ring (bicyclic) bond motifs is 1. The van der Waals surface area contributed by atoms with Gasteiger partial charge in [0.15, 0.2) is 0 Å². The van der Waals surface area contributed by atoms with E-state index in [0.717, 1.165) is 12.0 Å². The molecule has 3 rings (SSSR count). The Labute approximate surface area is 157 Å². The van der Waals surface area contributed by atoms with Gasteiger partial charge in [-0.25, -0.2) is 4.79 Å². The molecule has 142 valence electrons. The van der Waals surface area contributed by atoms with E-state index >= 15 is 0 Å². The number of hydrogen-bond donors (Lipinski definition) is 0. The van der Waals surface area contributed by atoms with Crippen LogP contribution >= 0.6 is 0 Å². The molecule has 2 aliphatic rings. The second kappa shape index (κ2) is 6.27. The van der Waals surface area contributed by atoms with Crippen LogP contribution < -0.4 is 0 Å². The molecule has 0 radical (unpaired) electrons. The molecule has 26 heavy (non-hydrogen) atoms. The number of ether oxygens (including phenoxy) is 1. The predicted molar refractivity (Wildman–Crippen MR) is 102 cm³/mol. The monoisotopic (exact) mass is 359 g/mol. The lowest BCUT2D eigenvalue weighted by Gasteiger charge is -2.38. The van der Waals surface area contributed by atoms with E-state index in [1.54, 1.807) is 4.90 Å². The van der Waals surface area contributed by atoms with Crippen molar-refractivity contribution in [2.75, 3.05) is 6.54 Å². The highest BCUT2D eigenvalue weighted by molar-refractivity contribution is 6.47. The SMILES string of the molecule is CC(C)(C)OC(=O)N1CCc2ccccc2[C@@H]1B1OC(C)(C)C(C)(C)O1. The van der Waals surface area contributed by atoms with E-state index in [4.69, 9.17) is 14.0 Å². The Morgan fingerprint density at radius 1 is 1.15 bits per heavy atom. The number of carbonyl (C=O) groups excluding carboxylic acids is 1. The van der Waals surface area contributed by atoms with Crippen molar-refractivity contribution in [3.8, 4) is 0 Å². The zero-order valence-corrected chi connectivity index (χ0v) is 17.0. The Morgan fingerprint density at radius 3 is 2.31 bits per heavy atom. The summed E-state index contributed by atoms with van der Waals surface area (Å²) < 4.78 is 18.3. The number of rotatable bonds is 1. The Kier molecular flexibility index (Phi) is 4.64. The van der Waals surface area contributed by atoms with Crippen LogP contribution in [0.5, 0.6) is 0 Å². The zero-order chi connectivity index (χ0) is 19.3. The fourth-order valence-corrected chi connectivity index (χ4v) is 3.43. The molecular formula is C20H30BNO4. The van der Waals surface area contributed by atoms with E-state index in [2.05, 4.69) is 12.1 Å². The van der Waals surface area contributed by atoms with Gasteiger partial charge in [-0.1, -0.05) is 24.3 Å². The molecule has 0 aromatic heterocycles. The van der Waals surface area contributed by atoms with E-state index in [-0.39, 0.29) is 12.0 Å². The molecule has 1 atom stereocenters. The number of amides is 1. The Hall–Kier alpha value is -1.53. The summed E-state index contributed by atoms with van der Waals surface area (Å²) in [4.78, 5) is 14.7. The van der Waals surface area contributed by atoms with Crippen LogP contribution in [0.1, 0.15) is 65.5 Å². The third-order valence-corrected chi connectivity index (χ3v) is 5.49. The van der Waals surface area contributed by atoms with Crippen molar-refractivity contribution in [1.29, 1.82) is 0 Å². The first kappa shape index (κ1) is 19.2. The quantitative estimate of drug-likeness (QED) is 0.707. The predicted octanol–water partition coefficient (Wildman–Crippen LogP) is 4.15. The summed E-state index contributed by atoms with van der Waals surface area (Å²) in [6.07, 6.45) is 0.470. The summed E-state index contributed by atoms with van der Waals surface area (Å²) in [5, 5.41) is 0. The molecule has 0 spiro atoms. The molecule has 6 heteroatoms. The van der Waals surface area contributed by atoms with E-state index in [1.165, 1.54) is 5.56 Å². The first-order chi connectivity index (χ1) is 11.9. The number of carbonyl (C=O) groups is 1. The Balaban J connectivity index is 1.97. The summed E-state index contributed by atoms with van der Waals surface area (Å²) >= 11 is 0. The van der Waals surface area contributed by atoms with Crippen LogP contribution in [-0.2, 0) is 20.5 Å². The third-order valence-electron chi connectivity index (χ3n) is 5.49. The van der Waals surface area contributed by atoms with Gasteiger partial charge in [0.1, 0.15) is 5.60 Å². The molecule has 1 saturated heterocycles. The van der Waals surface area contributed by atoms with Gasteiger partial charge in [-0.15, -0.1) is 0 Å². The topological polar surface area (TPSA) is 48.0 Å². The number of nitrogens with zero attached hydrogens (tertiary/aromatic N) is 1. The van der Waals surface area contributed by atoms with Gasteiger partial charge in [-0.05, 0) is 66.0 Å². The molecule has 0 bridgehead atoms. The summed E-state index contributed by atoms with van der Waals surface area (Å²) in [6, 6.07) is 8.19. The highest BCUT2D eigenvalue weighted by Crippen LogP contribution is 2.43. The van der Waals surface area contributed by atoms with Crippen molar-refractivity contribution in [2.24, 2.45) is 0 Å². The van der Waals surface area contributed by atoms with Crippen LogP contribution in [0.15, 0.2) is 24.3 Å². The molecule has 1 fully saturated rings. The van der Waals surface area contributed by atoms with Gasteiger partial charge < -0.3 is 18.9 Å². The summed E-state index contributed by atoms with van der Waals surface area (Å²) in [5.74, 6) is -0.323. The fourth-order valence-electron chi connectivity index (χ4n) is 3.43. The Morgan fingerprint density at radius 2 is 1.73 bits per heavy atom. The lowest BCUT2D eigenvalue weighted by Crippen LogP contribution is -2.49. The lowest BCUT2D eigenvalue weighted by atomic mass is 9.70. The lowest BCUT2D eigenvalue weighted by molar-refractivity contribution is 0.00578. The van der Waals surface area contributed by atoms with Gasteiger partial charge >= 0.3 is 13.2 Å². The molecule has 0 unspecified atom stereocenters. The summed E-state index contributed by atoms with van der Waals surface area (Å²) in [7, 11) is -0.533. The zero-order valence-electron chi connectivity index (χ0n) is 17.0. The normalized spacial score (nSPS) is 24.3. The van der Waals surface area contributed by atoms with Crippen LogP contribution in [0.4, 0.5) is 4.79 Å². The highest BCUT2D eigenvalue weighted by Gasteiger charge is 2.57. The minimum Gasteiger partial charge on any atom is -0.444 e. The largest absolute Gasteiger partial charge is 0.487 e. The first-order valence-electron chi connectivity index (χ1n) is 9.34. The van der Waals surface area contributed by atoms with Gasteiger partial charge in [0.25, 0.3) is 0 Å². The maximum Gasteiger partial charge on any atom is 0.487 e. The molecule has 1 amide bonds. The van der Waals surface area contributed by atoms with Crippen molar-refractivity contribution in [2.45, 2.75) is 77.6 Å². The van der Waals surface area contributed by atoms with Crippen LogP contribution in [0, 0.1) is 0 Å². The minimum absolute atomic E-state index is 0.323. The van der Waals surface area contributed by atoms with Crippen LogP contribution in [0.2, 0.25) is 0 Å². The molecule has 1 aromatic carbocycles. The first-order valence-corrected chi connectivity index (χ1v) is 9.34. The van der Waals surface area contributed by atoms with Crippen LogP contribution in [-0.4, -0.2) is 41.5 Å². The molecule has 2 aliphatic heterocycles. The molecule has 0 N–H and O–H groups in total. The van der Waals surface area contributed by atoms with Crippen molar-refractivity contribution in [1.82, 2.24) is 4.90 Å². The van der Waals surface area contributed by atoms with E-state index < -0.39 is 23.9 Å². The number of hydrogen-bond acceptors (Lipinski definition) is 4. The Bertz CT molecular complexity index is 679. The maximum atomic E-state index is 12.9. The van der Waals surface area contributed by atoms with Crippen LogP contribution in [0.3, 0.4) is 0 Å². The van der Waals surface area contributed by atoms with Gasteiger partial charge in [0.2, 0.25) is 0 Å². The van der Waals surface area contributed by atoms with Gasteiger partial charge in [-0.3, -0.25) is 0 Å². The highest BCUT2D eigenvalue weighted by atomic mass is 16.7. The number of benzene rings is 1. The molecule has 2 heterocycles. The smallest absolute Gasteiger partial charge is 0.444 e. The molecule has 5 nitrogen and oxygen atoms in total. The van der Waals surface area contributed by atoms with Crippen LogP contribution in [0.25, 0.3) is 0 Å². The van der Waals surface area contributed by atoms with Crippen molar-refractivity contribution >= 4 is 13.2 Å². The average Bonchev–Trinajstić information content (AvgIpc) is 2.72. The second-order valence-corrected chi connectivity index (χ2v) is 9.19. The minimum atomic E-state index is -0.547. The summed E-state index contributed by atoms with van der Waals surface area (Å²) in [5.41, 5.74) is 0.845. The van der Waals surface area contributed by atoms with Crippen molar-refractivity contribution in [3.05, 3.63) is 35.4 Å². The van der Waals surface area contributed by atoms with Gasteiger partial charge in [0, 0.05) is 6.54 Å². The van der Waals surface area contributed by atoms with E-state index in [0.29, 0.717) is 6.54 Å². The third kappa shape index (κ3) is 3.49. The molecule has 1 aromatic rings. The van der Waals surface area contributed by atoms with Crippen molar-refractivity contribution < 1.29 is 18.8 Å². The molecule has 0 aliphatic carbocycles. The molecule has 0 saturated carbocycles. The second-order valence-electron chi connectivity index (χ2n) is 9.19. The van der Waals surface area contributed by atoms with E-state index in [9.17, 15) is 4.79 Å². The standard InChI is InChI=1S/C20H30BNO4/c1-18(2,3)24-17(23)22-13-12-14-10-8-9-11-15(14)16(22)21-25-19(4,5)20(6,7)26-21/h8-11,16H,12-13H2,1-7H3/t16-/m1/s1. The van der Waals surface area contributed by atoms with Crippen molar-refractivity contribution in [3.63, 3.8) is 0 Å². The van der Waals surface area contributed by atoms with E-state index in [1.807, 2.05) is 60.6 Å².